The van der Waals surface area contributed by atoms with Crippen molar-refractivity contribution in [2.24, 2.45) is 17.3 Å². The summed E-state index contributed by atoms with van der Waals surface area (Å²) in [7, 11) is 1.75. The molecule has 1 amide bonds. The lowest BCUT2D eigenvalue weighted by Crippen LogP contribution is -2.48. The van der Waals surface area contributed by atoms with E-state index in [1.165, 1.54) is 0 Å². The average Bonchev–Trinajstić information content (AvgIpc) is 2.91. The minimum Gasteiger partial charge on any atom is -0.484 e. The van der Waals surface area contributed by atoms with Crippen molar-refractivity contribution >= 4 is 11.6 Å². The molecule has 2 unspecified atom stereocenters. The third-order valence-corrected chi connectivity index (χ3v) is 8.77. The van der Waals surface area contributed by atoms with E-state index < -0.39 is 5.41 Å². The predicted molar refractivity (Wildman–Crippen MR) is 159 cm³/mol. The largest absolute Gasteiger partial charge is 0.484 e. The Hall–Kier alpha value is -1.87. The first-order valence-electron chi connectivity index (χ1n) is 15.3. The number of hydrogen-bond donors (Lipinski definition) is 2. The zero-order valence-electron chi connectivity index (χ0n) is 25.7. The molecule has 8 nitrogen and oxygen atoms in total. The number of amides is 1. The van der Waals surface area contributed by atoms with Gasteiger partial charge in [-0.15, -0.1) is 0 Å². The highest BCUT2D eigenvalue weighted by molar-refractivity contribution is 5.81. The normalized spacial score (nSPS) is 26.6. The number of nitrogens with zero attached hydrogens (tertiary/aromatic N) is 1. The number of piperidine rings is 1. The van der Waals surface area contributed by atoms with Crippen LogP contribution in [0.15, 0.2) is 18.2 Å². The molecule has 0 spiro atoms. The monoisotopic (exact) mass is 559 g/mol. The number of nitrogens with one attached hydrogen (secondary N) is 2. The van der Waals surface area contributed by atoms with Gasteiger partial charge in [-0.2, -0.15) is 0 Å². The van der Waals surface area contributed by atoms with E-state index in [-0.39, 0.29) is 17.6 Å². The van der Waals surface area contributed by atoms with Crippen molar-refractivity contribution < 1.29 is 23.7 Å². The van der Waals surface area contributed by atoms with Crippen molar-refractivity contribution in [1.82, 2.24) is 10.6 Å². The van der Waals surface area contributed by atoms with Crippen LogP contribution in [0, 0.1) is 17.3 Å². The Kier molecular flexibility index (Phi) is 10.8. The van der Waals surface area contributed by atoms with Gasteiger partial charge < -0.3 is 34.5 Å². The predicted octanol–water partition coefficient (Wildman–Crippen LogP) is 4.54. The zero-order valence-corrected chi connectivity index (χ0v) is 25.7. The molecule has 3 aliphatic heterocycles. The number of ether oxygens (including phenoxy) is 4. The first-order chi connectivity index (χ1) is 19.1. The van der Waals surface area contributed by atoms with Crippen LogP contribution in [0.5, 0.6) is 5.75 Å². The summed E-state index contributed by atoms with van der Waals surface area (Å²) in [6.07, 6.45) is 5.02. The number of carbonyl (C=O) groups is 1. The summed E-state index contributed by atoms with van der Waals surface area (Å²) in [5.41, 5.74) is 1.68. The van der Waals surface area contributed by atoms with Crippen LogP contribution in [0.3, 0.4) is 0 Å². The summed E-state index contributed by atoms with van der Waals surface area (Å²) in [6, 6.07) is 6.75. The maximum Gasteiger partial charge on any atom is 0.225 e. The van der Waals surface area contributed by atoms with Gasteiger partial charge in [-0.25, -0.2) is 0 Å². The number of anilines is 1. The summed E-state index contributed by atoms with van der Waals surface area (Å²) in [5.74, 6) is 2.10. The molecular weight excluding hydrogens is 506 g/mol. The fraction of sp³-hybridized carbons (Fsp3) is 0.781. The van der Waals surface area contributed by atoms with Crippen molar-refractivity contribution in [2.75, 3.05) is 58.0 Å². The Morgan fingerprint density at radius 1 is 1.25 bits per heavy atom. The molecule has 1 aromatic carbocycles. The van der Waals surface area contributed by atoms with Gasteiger partial charge in [0.25, 0.3) is 0 Å². The fourth-order valence-corrected chi connectivity index (χ4v) is 6.28. The number of benzene rings is 1. The number of hydrogen-bond acceptors (Lipinski definition) is 7. The summed E-state index contributed by atoms with van der Waals surface area (Å²) in [6.45, 7) is 16.9. The molecule has 3 aliphatic rings. The van der Waals surface area contributed by atoms with Crippen molar-refractivity contribution in [3.8, 4) is 5.75 Å². The third kappa shape index (κ3) is 8.57. The van der Waals surface area contributed by atoms with E-state index in [1.54, 1.807) is 7.11 Å². The van der Waals surface area contributed by atoms with Crippen LogP contribution in [-0.4, -0.2) is 76.8 Å². The molecule has 0 bridgehead atoms. The number of rotatable bonds is 12. The maximum atomic E-state index is 13.0. The van der Waals surface area contributed by atoms with Gasteiger partial charge in [0.2, 0.25) is 5.91 Å². The van der Waals surface area contributed by atoms with Crippen molar-refractivity contribution in [1.29, 1.82) is 0 Å². The number of fused-ring (bicyclic) bond motifs is 1. The van der Waals surface area contributed by atoms with Crippen molar-refractivity contribution in [3.63, 3.8) is 0 Å². The second-order valence-corrected chi connectivity index (χ2v) is 13.4. The molecule has 40 heavy (non-hydrogen) atoms. The number of carbonyl (C=O) groups excluding carboxylic acids is 1. The highest BCUT2D eigenvalue weighted by Crippen LogP contribution is 2.38. The average molecular weight is 560 g/mol. The first kappa shape index (κ1) is 31.1. The zero-order chi connectivity index (χ0) is 28.8. The van der Waals surface area contributed by atoms with Crippen LogP contribution in [0.25, 0.3) is 0 Å². The Balaban J connectivity index is 1.22. The van der Waals surface area contributed by atoms with Crippen LogP contribution in [0.1, 0.15) is 72.3 Å². The minimum absolute atomic E-state index is 0.155. The van der Waals surface area contributed by atoms with Crippen LogP contribution >= 0.6 is 0 Å². The van der Waals surface area contributed by atoms with Crippen LogP contribution < -0.4 is 20.3 Å². The topological polar surface area (TPSA) is 81.3 Å². The van der Waals surface area contributed by atoms with E-state index in [0.29, 0.717) is 24.5 Å². The lowest BCUT2D eigenvalue weighted by atomic mass is 9.81. The summed E-state index contributed by atoms with van der Waals surface area (Å²) < 4.78 is 23.4. The standard InChI is InChI=1S/C32H53N3O5/c1-23-20-38-15-12-25(23)18-34-30(36)31(2,3)17-26-9-10-27(19-33-26)39-21-24-8-11-29-28(16-24)35(13-7-14-37-6)22-32(4,5)40-29/h8,11,16,23,25-27,33H,7,9-10,12-15,17-22H2,1-6H3,(H,34,36)/t23-,25?,26?,27+/m0/s1. The minimum atomic E-state index is -0.408. The van der Waals surface area contributed by atoms with E-state index in [1.807, 2.05) is 0 Å². The van der Waals surface area contributed by atoms with Gasteiger partial charge in [-0.1, -0.05) is 26.8 Å². The molecule has 226 valence electrons. The van der Waals surface area contributed by atoms with Crippen LogP contribution in [0.4, 0.5) is 5.69 Å². The van der Waals surface area contributed by atoms with E-state index in [9.17, 15) is 4.79 Å². The Morgan fingerprint density at radius 3 is 2.80 bits per heavy atom. The summed E-state index contributed by atoms with van der Waals surface area (Å²) in [4.78, 5) is 15.4. The Bertz CT molecular complexity index is 960. The molecule has 0 radical (unpaired) electrons. The molecular formula is C32H53N3O5. The lowest BCUT2D eigenvalue weighted by Gasteiger charge is -2.41. The van der Waals surface area contributed by atoms with Gasteiger partial charge in [0.05, 0.1) is 24.9 Å². The first-order valence-corrected chi connectivity index (χ1v) is 15.3. The van der Waals surface area contributed by atoms with Gasteiger partial charge in [0, 0.05) is 58.0 Å². The Morgan fingerprint density at radius 2 is 2.08 bits per heavy atom. The van der Waals surface area contributed by atoms with Gasteiger partial charge in [-0.3, -0.25) is 4.79 Å². The second kappa shape index (κ2) is 13.9. The van der Waals surface area contributed by atoms with E-state index in [4.69, 9.17) is 18.9 Å². The van der Waals surface area contributed by atoms with Crippen LogP contribution in [-0.2, 0) is 25.6 Å². The van der Waals surface area contributed by atoms with E-state index >= 15 is 0 Å². The molecule has 2 N–H and O–H groups in total. The molecule has 3 heterocycles. The van der Waals surface area contributed by atoms with Gasteiger partial charge in [0.15, 0.2) is 0 Å². The molecule has 2 fully saturated rings. The molecule has 0 aromatic heterocycles. The summed E-state index contributed by atoms with van der Waals surface area (Å²) >= 11 is 0. The quantitative estimate of drug-likeness (QED) is 0.364. The SMILES string of the molecule is COCCCN1CC(C)(C)Oc2ccc(CO[C@@H]3CCC(CC(C)(C)C(=O)NCC4CCOC[C@@H]4C)NC3)cc21. The molecule has 8 heteroatoms. The van der Waals surface area contributed by atoms with E-state index in [0.717, 1.165) is 95.1 Å². The second-order valence-electron chi connectivity index (χ2n) is 13.4. The van der Waals surface area contributed by atoms with Gasteiger partial charge in [0.1, 0.15) is 11.4 Å². The molecule has 4 rings (SSSR count). The lowest BCUT2D eigenvalue weighted by molar-refractivity contribution is -0.130. The van der Waals surface area contributed by atoms with E-state index in [2.05, 4.69) is 68.4 Å². The molecule has 0 aliphatic carbocycles. The highest BCUT2D eigenvalue weighted by atomic mass is 16.5. The summed E-state index contributed by atoms with van der Waals surface area (Å²) in [5, 5.41) is 6.90. The van der Waals surface area contributed by atoms with Crippen molar-refractivity contribution in [2.45, 2.75) is 91.1 Å². The third-order valence-electron chi connectivity index (χ3n) is 8.77. The molecule has 1 aromatic rings. The van der Waals surface area contributed by atoms with Gasteiger partial charge in [-0.05, 0) is 75.5 Å². The van der Waals surface area contributed by atoms with Crippen molar-refractivity contribution in [3.05, 3.63) is 23.8 Å². The molecule has 4 atom stereocenters. The Labute approximate surface area is 241 Å². The maximum absolute atomic E-state index is 13.0. The smallest absolute Gasteiger partial charge is 0.225 e. The van der Waals surface area contributed by atoms with Gasteiger partial charge >= 0.3 is 0 Å². The van der Waals surface area contributed by atoms with Crippen LogP contribution in [0.2, 0.25) is 0 Å². The molecule has 2 saturated heterocycles. The fourth-order valence-electron chi connectivity index (χ4n) is 6.28. The molecule has 0 saturated carbocycles. The number of methoxy groups -OCH3 is 1. The highest BCUT2D eigenvalue weighted by Gasteiger charge is 2.34.